The molecule has 0 aliphatic carbocycles. The van der Waals surface area contributed by atoms with Gasteiger partial charge >= 0.3 is 0 Å². The van der Waals surface area contributed by atoms with Crippen LogP contribution in [0.5, 0.6) is 0 Å². The number of nitrogens with zero attached hydrogens (tertiary/aromatic N) is 1. The summed E-state index contributed by atoms with van der Waals surface area (Å²) in [4.78, 5) is 10.9. The number of carbonyl (C=O) groups is 1. The Morgan fingerprint density at radius 3 is 3.00 bits per heavy atom. The SMILES string of the molecule is CC1(C)CC2CC(=O)NN2C1. The molecule has 0 spiro atoms. The Hall–Kier alpha value is -0.570. The van der Waals surface area contributed by atoms with Gasteiger partial charge in [-0.25, -0.2) is 5.01 Å². The van der Waals surface area contributed by atoms with E-state index in [2.05, 4.69) is 24.3 Å². The molecule has 1 amide bonds. The molecular formula is C8H14N2O. The standard InChI is InChI=1S/C8H14N2O/c1-8(2)4-6-3-7(11)9-10(6)5-8/h6H,3-5H2,1-2H3,(H,9,11). The van der Waals surface area contributed by atoms with E-state index in [1.54, 1.807) is 0 Å². The molecule has 0 radical (unpaired) electrons. The zero-order valence-electron chi connectivity index (χ0n) is 7.05. The third kappa shape index (κ3) is 1.13. The second-order valence-corrected chi connectivity index (χ2v) is 4.39. The van der Waals surface area contributed by atoms with E-state index in [0.29, 0.717) is 17.9 Å². The molecule has 0 bridgehead atoms. The normalized spacial score (nSPS) is 35.5. The van der Waals surface area contributed by atoms with E-state index < -0.39 is 0 Å². The first kappa shape index (κ1) is 7.10. The third-order valence-corrected chi connectivity index (χ3v) is 2.52. The lowest BCUT2D eigenvalue weighted by Crippen LogP contribution is -2.35. The van der Waals surface area contributed by atoms with Gasteiger partial charge in [0.25, 0.3) is 0 Å². The van der Waals surface area contributed by atoms with Crippen LogP contribution < -0.4 is 5.43 Å². The minimum atomic E-state index is 0.186. The Balaban J connectivity index is 2.09. The molecule has 2 fully saturated rings. The molecule has 0 aromatic carbocycles. The Morgan fingerprint density at radius 2 is 2.36 bits per heavy atom. The van der Waals surface area contributed by atoms with Crippen molar-refractivity contribution in [3.63, 3.8) is 0 Å². The molecular weight excluding hydrogens is 140 g/mol. The van der Waals surface area contributed by atoms with Crippen molar-refractivity contribution >= 4 is 5.91 Å². The first-order valence-corrected chi connectivity index (χ1v) is 4.13. The molecule has 2 aliphatic rings. The van der Waals surface area contributed by atoms with Crippen molar-refractivity contribution in [3.05, 3.63) is 0 Å². The predicted octanol–water partition coefficient (Wildman–Crippen LogP) is 0.522. The van der Waals surface area contributed by atoms with Gasteiger partial charge in [0.05, 0.1) is 0 Å². The molecule has 11 heavy (non-hydrogen) atoms. The second kappa shape index (κ2) is 1.97. The van der Waals surface area contributed by atoms with Crippen LogP contribution in [0.2, 0.25) is 0 Å². The van der Waals surface area contributed by atoms with Crippen molar-refractivity contribution in [2.24, 2.45) is 5.41 Å². The van der Waals surface area contributed by atoms with E-state index in [9.17, 15) is 4.79 Å². The molecule has 62 valence electrons. The minimum Gasteiger partial charge on any atom is -0.289 e. The first-order chi connectivity index (χ1) is 5.07. The van der Waals surface area contributed by atoms with Crippen LogP contribution >= 0.6 is 0 Å². The number of fused-ring (bicyclic) bond motifs is 1. The number of carbonyl (C=O) groups excluding carboxylic acids is 1. The van der Waals surface area contributed by atoms with Crippen molar-refractivity contribution in [3.8, 4) is 0 Å². The second-order valence-electron chi connectivity index (χ2n) is 4.39. The predicted molar refractivity (Wildman–Crippen MR) is 41.7 cm³/mol. The van der Waals surface area contributed by atoms with E-state index in [1.165, 1.54) is 0 Å². The van der Waals surface area contributed by atoms with E-state index in [1.807, 2.05) is 0 Å². The molecule has 3 nitrogen and oxygen atoms in total. The third-order valence-electron chi connectivity index (χ3n) is 2.52. The summed E-state index contributed by atoms with van der Waals surface area (Å²) in [5.41, 5.74) is 3.25. The lowest BCUT2D eigenvalue weighted by molar-refractivity contribution is -0.121. The van der Waals surface area contributed by atoms with E-state index >= 15 is 0 Å². The first-order valence-electron chi connectivity index (χ1n) is 4.13. The summed E-state index contributed by atoms with van der Waals surface area (Å²) in [6, 6.07) is 0.470. The Morgan fingerprint density at radius 1 is 1.64 bits per heavy atom. The molecule has 2 heterocycles. The smallest absolute Gasteiger partial charge is 0.235 e. The van der Waals surface area contributed by atoms with Crippen LogP contribution in [-0.2, 0) is 4.79 Å². The van der Waals surface area contributed by atoms with E-state index in [0.717, 1.165) is 13.0 Å². The molecule has 3 heteroatoms. The lowest BCUT2D eigenvalue weighted by Gasteiger charge is -2.17. The largest absolute Gasteiger partial charge is 0.289 e. The van der Waals surface area contributed by atoms with Crippen LogP contribution in [0.3, 0.4) is 0 Å². The molecule has 2 saturated heterocycles. The molecule has 0 saturated carbocycles. The Kier molecular flexibility index (Phi) is 1.27. The number of amides is 1. The topological polar surface area (TPSA) is 32.3 Å². The number of hydrazine groups is 1. The maximum Gasteiger partial charge on any atom is 0.235 e. The average Bonchev–Trinajstić information content (AvgIpc) is 2.17. The van der Waals surface area contributed by atoms with Gasteiger partial charge in [0.1, 0.15) is 0 Å². The quantitative estimate of drug-likeness (QED) is 0.551. The van der Waals surface area contributed by atoms with Crippen LogP contribution in [0.15, 0.2) is 0 Å². The van der Waals surface area contributed by atoms with Crippen LogP contribution in [0, 0.1) is 5.41 Å². The summed E-state index contributed by atoms with van der Waals surface area (Å²) in [5, 5.41) is 2.09. The van der Waals surface area contributed by atoms with Gasteiger partial charge in [0, 0.05) is 19.0 Å². The van der Waals surface area contributed by atoms with E-state index in [-0.39, 0.29) is 5.91 Å². The maximum atomic E-state index is 10.9. The number of nitrogens with one attached hydrogen (secondary N) is 1. The van der Waals surface area contributed by atoms with Gasteiger partial charge in [-0.15, -0.1) is 0 Å². The van der Waals surface area contributed by atoms with Crippen LogP contribution in [-0.4, -0.2) is 23.5 Å². The fourth-order valence-corrected chi connectivity index (χ4v) is 2.14. The van der Waals surface area contributed by atoms with Gasteiger partial charge in [-0.05, 0) is 11.8 Å². The lowest BCUT2D eigenvalue weighted by atomic mass is 9.90. The average molecular weight is 154 g/mol. The van der Waals surface area contributed by atoms with Crippen LogP contribution in [0.4, 0.5) is 0 Å². The summed E-state index contributed by atoms with van der Waals surface area (Å²) in [6.45, 7) is 5.50. The zero-order valence-corrected chi connectivity index (χ0v) is 7.05. The maximum absolute atomic E-state index is 10.9. The van der Waals surface area contributed by atoms with Gasteiger partial charge in [0.2, 0.25) is 5.91 Å². The summed E-state index contributed by atoms with van der Waals surface area (Å²) in [6.07, 6.45) is 1.84. The van der Waals surface area contributed by atoms with Crippen LogP contribution in [0.1, 0.15) is 26.7 Å². The van der Waals surface area contributed by atoms with E-state index in [4.69, 9.17) is 0 Å². The molecule has 1 unspecified atom stereocenters. The van der Waals surface area contributed by atoms with Crippen molar-refractivity contribution < 1.29 is 4.79 Å². The molecule has 1 atom stereocenters. The summed E-state index contributed by atoms with van der Waals surface area (Å²) in [7, 11) is 0. The van der Waals surface area contributed by atoms with Gasteiger partial charge in [-0.2, -0.15) is 0 Å². The Bertz CT molecular complexity index is 182. The molecule has 2 aliphatic heterocycles. The van der Waals surface area contributed by atoms with Gasteiger partial charge in [-0.1, -0.05) is 13.8 Å². The molecule has 2 rings (SSSR count). The highest BCUT2D eigenvalue weighted by atomic mass is 16.2. The molecule has 0 aromatic heterocycles. The summed E-state index contributed by atoms with van der Waals surface area (Å²) < 4.78 is 0. The van der Waals surface area contributed by atoms with Gasteiger partial charge in [-0.3, -0.25) is 10.2 Å². The number of hydrogen-bond donors (Lipinski definition) is 1. The van der Waals surface area contributed by atoms with Crippen LogP contribution in [0.25, 0.3) is 0 Å². The number of hydrogen-bond acceptors (Lipinski definition) is 2. The highest BCUT2D eigenvalue weighted by molar-refractivity contribution is 5.78. The van der Waals surface area contributed by atoms with Crippen molar-refractivity contribution in [2.75, 3.05) is 6.54 Å². The monoisotopic (exact) mass is 154 g/mol. The van der Waals surface area contributed by atoms with Gasteiger partial charge < -0.3 is 0 Å². The fraction of sp³-hybridized carbons (Fsp3) is 0.875. The number of rotatable bonds is 0. The van der Waals surface area contributed by atoms with Crippen molar-refractivity contribution in [2.45, 2.75) is 32.7 Å². The van der Waals surface area contributed by atoms with Gasteiger partial charge in [0.15, 0.2) is 0 Å². The minimum absolute atomic E-state index is 0.186. The fourth-order valence-electron chi connectivity index (χ4n) is 2.14. The zero-order chi connectivity index (χ0) is 8.06. The highest BCUT2D eigenvalue weighted by Gasteiger charge is 2.42. The van der Waals surface area contributed by atoms with Crippen molar-refractivity contribution in [1.82, 2.24) is 10.4 Å². The summed E-state index contributed by atoms with van der Waals surface area (Å²) >= 11 is 0. The highest BCUT2D eigenvalue weighted by Crippen LogP contribution is 2.36. The molecule has 1 N–H and O–H groups in total. The summed E-state index contributed by atoms with van der Waals surface area (Å²) in [5.74, 6) is 0.186. The molecule has 0 aromatic rings. The Labute approximate surface area is 66.7 Å². The van der Waals surface area contributed by atoms with Crippen molar-refractivity contribution in [1.29, 1.82) is 0 Å².